The number of esters is 1. The van der Waals surface area contributed by atoms with Gasteiger partial charge >= 0.3 is 5.97 Å². The number of hydrogen-bond donors (Lipinski definition) is 0. The van der Waals surface area contributed by atoms with Gasteiger partial charge in [-0.05, 0) is 20.3 Å². The van der Waals surface area contributed by atoms with Crippen LogP contribution in [0.3, 0.4) is 0 Å². The van der Waals surface area contributed by atoms with Gasteiger partial charge in [0.15, 0.2) is 6.79 Å². The second-order valence-electron chi connectivity index (χ2n) is 3.33. The van der Waals surface area contributed by atoms with Crippen LogP contribution in [0.15, 0.2) is 12.2 Å². The van der Waals surface area contributed by atoms with Gasteiger partial charge in [0.1, 0.15) is 0 Å². The van der Waals surface area contributed by atoms with Crippen LogP contribution in [0.4, 0.5) is 0 Å². The molecule has 0 amide bonds. The zero-order chi connectivity index (χ0) is 11.7. The van der Waals surface area contributed by atoms with Crippen LogP contribution in [0.2, 0.25) is 0 Å². The molecule has 0 saturated heterocycles. The van der Waals surface area contributed by atoms with Gasteiger partial charge < -0.3 is 14.2 Å². The molecule has 0 radical (unpaired) electrons. The van der Waals surface area contributed by atoms with E-state index < -0.39 is 5.97 Å². The van der Waals surface area contributed by atoms with Crippen LogP contribution in [-0.4, -0.2) is 32.1 Å². The molecule has 0 aromatic rings. The number of rotatable bonds is 8. The molecule has 4 nitrogen and oxygen atoms in total. The van der Waals surface area contributed by atoms with Gasteiger partial charge in [-0.25, -0.2) is 4.79 Å². The molecule has 0 rings (SSSR count). The second-order valence-corrected chi connectivity index (χ2v) is 3.33. The van der Waals surface area contributed by atoms with Crippen molar-refractivity contribution < 1.29 is 19.0 Å². The summed E-state index contributed by atoms with van der Waals surface area (Å²) in [5.74, 6) is -0.433. The molecule has 0 spiro atoms. The van der Waals surface area contributed by atoms with Crippen molar-refractivity contribution in [2.75, 3.05) is 20.0 Å². The van der Waals surface area contributed by atoms with Crippen LogP contribution in [-0.2, 0) is 19.0 Å². The Balaban J connectivity index is 3.25. The fourth-order valence-electron chi connectivity index (χ4n) is 0.703. The molecule has 0 aromatic heterocycles. The van der Waals surface area contributed by atoms with Gasteiger partial charge in [-0.3, -0.25) is 0 Å². The van der Waals surface area contributed by atoms with E-state index in [0.29, 0.717) is 18.8 Å². The quantitative estimate of drug-likeness (QED) is 0.269. The Labute approximate surface area is 91.2 Å². The van der Waals surface area contributed by atoms with Crippen molar-refractivity contribution in [3.8, 4) is 0 Å². The molecule has 15 heavy (non-hydrogen) atoms. The van der Waals surface area contributed by atoms with E-state index in [0.717, 1.165) is 6.42 Å². The Morgan fingerprint density at radius 3 is 2.60 bits per heavy atom. The molecular weight excluding hydrogens is 196 g/mol. The molecule has 0 N–H and O–H groups in total. The summed E-state index contributed by atoms with van der Waals surface area (Å²) in [5.41, 5.74) is 0.370. The van der Waals surface area contributed by atoms with E-state index in [1.54, 1.807) is 6.92 Å². The highest BCUT2D eigenvalue weighted by Crippen LogP contribution is 1.95. The third-order valence-corrected chi connectivity index (χ3v) is 1.83. The summed E-state index contributed by atoms with van der Waals surface area (Å²) in [6.07, 6.45) is 1.22. The Morgan fingerprint density at radius 2 is 2.07 bits per heavy atom. The van der Waals surface area contributed by atoms with E-state index in [2.05, 4.69) is 13.5 Å². The van der Waals surface area contributed by atoms with Crippen LogP contribution in [0, 0.1) is 0 Å². The highest BCUT2D eigenvalue weighted by atomic mass is 16.7. The first kappa shape index (κ1) is 14.1. The lowest BCUT2D eigenvalue weighted by molar-refractivity contribution is -0.153. The Bertz CT molecular complexity index is 201. The van der Waals surface area contributed by atoms with E-state index in [9.17, 15) is 4.79 Å². The molecule has 0 aliphatic carbocycles. The normalized spacial score (nSPS) is 12.2. The summed E-state index contributed by atoms with van der Waals surface area (Å²) in [5, 5.41) is 0. The summed E-state index contributed by atoms with van der Waals surface area (Å²) in [6.45, 7) is 9.99. The molecule has 0 saturated carbocycles. The standard InChI is InChI=1S/C11H20O4/c1-5-10(4)14-7-6-13-8-15-11(12)9(2)3/h10H,2,5-8H2,1,3-4H3. The van der Waals surface area contributed by atoms with E-state index in [4.69, 9.17) is 14.2 Å². The van der Waals surface area contributed by atoms with Crippen molar-refractivity contribution in [3.05, 3.63) is 12.2 Å². The van der Waals surface area contributed by atoms with Crippen molar-refractivity contribution in [1.29, 1.82) is 0 Å². The topological polar surface area (TPSA) is 44.8 Å². The number of carbonyl (C=O) groups is 1. The number of carbonyl (C=O) groups excluding carboxylic acids is 1. The molecule has 1 unspecified atom stereocenters. The fourth-order valence-corrected chi connectivity index (χ4v) is 0.703. The molecule has 0 bridgehead atoms. The Hall–Kier alpha value is -0.870. The lowest BCUT2D eigenvalue weighted by Crippen LogP contribution is -2.14. The monoisotopic (exact) mass is 216 g/mol. The minimum Gasteiger partial charge on any atom is -0.435 e. The molecule has 0 aliphatic rings. The summed E-state index contributed by atoms with van der Waals surface area (Å²) < 4.78 is 15.1. The van der Waals surface area contributed by atoms with Gasteiger partial charge in [0, 0.05) is 5.57 Å². The van der Waals surface area contributed by atoms with Crippen LogP contribution in [0.25, 0.3) is 0 Å². The smallest absolute Gasteiger partial charge is 0.335 e. The van der Waals surface area contributed by atoms with Crippen LogP contribution in [0.5, 0.6) is 0 Å². The summed E-state index contributed by atoms with van der Waals surface area (Å²) >= 11 is 0. The first-order chi connectivity index (χ1) is 7.07. The van der Waals surface area contributed by atoms with E-state index in [1.807, 2.05) is 6.92 Å². The molecule has 1 atom stereocenters. The summed E-state index contributed by atoms with van der Waals surface area (Å²) in [7, 11) is 0. The lowest BCUT2D eigenvalue weighted by Gasteiger charge is -2.10. The molecule has 4 heteroatoms. The third-order valence-electron chi connectivity index (χ3n) is 1.83. The van der Waals surface area contributed by atoms with Gasteiger partial charge in [0.25, 0.3) is 0 Å². The van der Waals surface area contributed by atoms with Crippen LogP contribution < -0.4 is 0 Å². The number of hydrogen-bond acceptors (Lipinski definition) is 4. The average Bonchev–Trinajstić information content (AvgIpc) is 2.22. The Kier molecular flexibility index (Phi) is 7.95. The summed E-state index contributed by atoms with van der Waals surface area (Å²) in [4.78, 5) is 10.9. The first-order valence-electron chi connectivity index (χ1n) is 5.09. The molecular formula is C11H20O4. The SMILES string of the molecule is C=C(C)C(=O)OCOCCOC(C)CC. The second kappa shape index (κ2) is 8.44. The van der Waals surface area contributed by atoms with Crippen molar-refractivity contribution in [2.24, 2.45) is 0 Å². The van der Waals surface area contributed by atoms with Crippen LogP contribution in [0.1, 0.15) is 27.2 Å². The predicted octanol–water partition coefficient (Wildman–Crippen LogP) is 1.89. The van der Waals surface area contributed by atoms with Gasteiger partial charge in [-0.2, -0.15) is 0 Å². The van der Waals surface area contributed by atoms with Gasteiger partial charge in [0.2, 0.25) is 0 Å². The van der Waals surface area contributed by atoms with Crippen molar-refractivity contribution >= 4 is 5.97 Å². The third kappa shape index (κ3) is 8.15. The molecule has 0 heterocycles. The van der Waals surface area contributed by atoms with E-state index in [-0.39, 0.29) is 12.9 Å². The van der Waals surface area contributed by atoms with E-state index in [1.165, 1.54) is 0 Å². The molecule has 88 valence electrons. The van der Waals surface area contributed by atoms with Gasteiger partial charge in [-0.1, -0.05) is 13.5 Å². The van der Waals surface area contributed by atoms with Gasteiger partial charge in [0.05, 0.1) is 19.3 Å². The number of ether oxygens (including phenoxy) is 3. The zero-order valence-electron chi connectivity index (χ0n) is 9.75. The van der Waals surface area contributed by atoms with Crippen molar-refractivity contribution in [3.63, 3.8) is 0 Å². The zero-order valence-corrected chi connectivity index (χ0v) is 9.75. The van der Waals surface area contributed by atoms with Crippen LogP contribution >= 0.6 is 0 Å². The minimum absolute atomic E-state index is 0.0461. The van der Waals surface area contributed by atoms with Crippen molar-refractivity contribution in [2.45, 2.75) is 33.3 Å². The van der Waals surface area contributed by atoms with Crippen molar-refractivity contribution in [1.82, 2.24) is 0 Å². The highest BCUT2D eigenvalue weighted by Gasteiger charge is 2.02. The minimum atomic E-state index is -0.433. The lowest BCUT2D eigenvalue weighted by atomic mass is 10.3. The largest absolute Gasteiger partial charge is 0.435 e. The predicted molar refractivity (Wildman–Crippen MR) is 57.4 cm³/mol. The summed E-state index contributed by atoms with van der Waals surface area (Å²) in [6, 6.07) is 0. The molecule has 0 aromatic carbocycles. The maximum atomic E-state index is 10.9. The molecule has 0 aliphatic heterocycles. The molecule has 0 fully saturated rings. The average molecular weight is 216 g/mol. The maximum Gasteiger partial charge on any atom is 0.335 e. The Morgan fingerprint density at radius 1 is 1.40 bits per heavy atom. The first-order valence-corrected chi connectivity index (χ1v) is 5.09. The van der Waals surface area contributed by atoms with Gasteiger partial charge in [-0.15, -0.1) is 0 Å². The maximum absolute atomic E-state index is 10.9. The fraction of sp³-hybridized carbons (Fsp3) is 0.727. The highest BCUT2D eigenvalue weighted by molar-refractivity contribution is 5.86. The van der Waals surface area contributed by atoms with E-state index >= 15 is 0 Å².